The standard InChI is InChI=1S/C11H15NO2S2/c1-9-4-3-5-11-10(9)8-12(6-7-15-11)16(2,13)14/h3-5H,6-8H2,1-2H3. The van der Waals surface area contributed by atoms with Crippen molar-refractivity contribution in [3.63, 3.8) is 0 Å². The first-order valence-electron chi connectivity index (χ1n) is 5.15. The second-order valence-corrected chi connectivity index (χ2v) is 7.12. The van der Waals surface area contributed by atoms with Crippen molar-refractivity contribution in [2.75, 3.05) is 18.6 Å². The summed E-state index contributed by atoms with van der Waals surface area (Å²) in [6, 6.07) is 6.13. The molecule has 1 aliphatic heterocycles. The Labute approximate surface area is 101 Å². The smallest absolute Gasteiger partial charge is 0.211 e. The first-order valence-corrected chi connectivity index (χ1v) is 7.98. The third-order valence-electron chi connectivity index (χ3n) is 2.77. The van der Waals surface area contributed by atoms with Gasteiger partial charge in [-0.3, -0.25) is 0 Å². The van der Waals surface area contributed by atoms with Crippen LogP contribution in [0.2, 0.25) is 0 Å². The van der Waals surface area contributed by atoms with Crippen LogP contribution in [-0.4, -0.2) is 31.3 Å². The molecule has 88 valence electrons. The van der Waals surface area contributed by atoms with Gasteiger partial charge in [-0.05, 0) is 24.1 Å². The average Bonchev–Trinajstić information content (AvgIpc) is 2.39. The summed E-state index contributed by atoms with van der Waals surface area (Å²) in [5.74, 6) is 0.823. The Balaban J connectivity index is 2.41. The van der Waals surface area contributed by atoms with Gasteiger partial charge in [0.05, 0.1) is 6.26 Å². The lowest BCUT2D eigenvalue weighted by molar-refractivity contribution is 0.430. The first-order chi connectivity index (χ1) is 7.48. The summed E-state index contributed by atoms with van der Waals surface area (Å²) in [6.07, 6.45) is 1.28. The molecule has 3 nitrogen and oxygen atoms in total. The van der Waals surface area contributed by atoms with Gasteiger partial charge in [0.1, 0.15) is 0 Å². The zero-order valence-electron chi connectivity index (χ0n) is 9.43. The minimum Gasteiger partial charge on any atom is -0.212 e. The van der Waals surface area contributed by atoms with Gasteiger partial charge < -0.3 is 0 Å². The molecule has 0 N–H and O–H groups in total. The number of nitrogens with zero attached hydrogens (tertiary/aromatic N) is 1. The quantitative estimate of drug-likeness (QED) is 0.770. The SMILES string of the molecule is Cc1cccc2c1CN(S(C)(=O)=O)CCS2. The van der Waals surface area contributed by atoms with Crippen molar-refractivity contribution in [3.05, 3.63) is 29.3 Å². The number of hydrogen-bond donors (Lipinski definition) is 0. The van der Waals surface area contributed by atoms with Crippen LogP contribution in [0, 0.1) is 6.92 Å². The summed E-state index contributed by atoms with van der Waals surface area (Å²) in [4.78, 5) is 1.21. The van der Waals surface area contributed by atoms with E-state index in [2.05, 4.69) is 6.07 Å². The third-order valence-corrected chi connectivity index (χ3v) is 5.10. The van der Waals surface area contributed by atoms with Crippen molar-refractivity contribution >= 4 is 21.8 Å². The van der Waals surface area contributed by atoms with Gasteiger partial charge in [0.25, 0.3) is 0 Å². The molecule has 0 bridgehead atoms. The second kappa shape index (κ2) is 4.39. The van der Waals surface area contributed by atoms with E-state index in [1.165, 1.54) is 16.7 Å². The highest BCUT2D eigenvalue weighted by Crippen LogP contribution is 2.30. The van der Waals surface area contributed by atoms with E-state index in [0.29, 0.717) is 13.1 Å². The van der Waals surface area contributed by atoms with Crippen LogP contribution in [0.1, 0.15) is 11.1 Å². The Hall–Kier alpha value is -0.520. The van der Waals surface area contributed by atoms with Gasteiger partial charge in [0.15, 0.2) is 0 Å². The molecule has 0 aliphatic carbocycles. The van der Waals surface area contributed by atoms with Crippen LogP contribution in [0.15, 0.2) is 23.1 Å². The van der Waals surface area contributed by atoms with Crippen LogP contribution in [-0.2, 0) is 16.6 Å². The van der Waals surface area contributed by atoms with Gasteiger partial charge >= 0.3 is 0 Å². The molecule has 1 aromatic rings. The number of thioether (sulfide) groups is 1. The van der Waals surface area contributed by atoms with Crippen LogP contribution in [0.5, 0.6) is 0 Å². The van der Waals surface area contributed by atoms with Crippen molar-refractivity contribution in [3.8, 4) is 0 Å². The highest BCUT2D eigenvalue weighted by atomic mass is 32.2. The highest BCUT2D eigenvalue weighted by Gasteiger charge is 2.22. The summed E-state index contributed by atoms with van der Waals surface area (Å²) >= 11 is 1.74. The van der Waals surface area contributed by atoms with Gasteiger partial charge in [0.2, 0.25) is 10.0 Å². The summed E-state index contributed by atoms with van der Waals surface area (Å²) in [5, 5.41) is 0. The first kappa shape index (κ1) is 12.0. The van der Waals surface area contributed by atoms with E-state index in [1.807, 2.05) is 19.1 Å². The van der Waals surface area contributed by atoms with Crippen molar-refractivity contribution in [2.24, 2.45) is 0 Å². The summed E-state index contributed by atoms with van der Waals surface area (Å²) in [5.41, 5.74) is 2.32. The zero-order valence-corrected chi connectivity index (χ0v) is 11.1. The van der Waals surface area contributed by atoms with Crippen molar-refractivity contribution in [2.45, 2.75) is 18.4 Å². The molecular formula is C11H15NO2S2. The molecule has 0 radical (unpaired) electrons. The van der Waals surface area contributed by atoms with E-state index in [0.717, 1.165) is 11.3 Å². The predicted molar refractivity (Wildman–Crippen MR) is 67.2 cm³/mol. The molecule has 16 heavy (non-hydrogen) atoms. The lowest BCUT2D eigenvalue weighted by Crippen LogP contribution is -2.30. The molecule has 0 atom stereocenters. The van der Waals surface area contributed by atoms with E-state index < -0.39 is 10.0 Å². The molecule has 1 aliphatic rings. The van der Waals surface area contributed by atoms with Gasteiger partial charge in [-0.15, -0.1) is 11.8 Å². The molecule has 0 aromatic heterocycles. The molecule has 1 heterocycles. The average molecular weight is 257 g/mol. The molecule has 2 rings (SSSR count). The monoisotopic (exact) mass is 257 g/mol. The topological polar surface area (TPSA) is 37.4 Å². The molecule has 5 heteroatoms. The Kier molecular flexibility index (Phi) is 3.28. The Morgan fingerprint density at radius 1 is 1.38 bits per heavy atom. The van der Waals surface area contributed by atoms with Crippen molar-refractivity contribution in [1.82, 2.24) is 4.31 Å². The largest absolute Gasteiger partial charge is 0.212 e. The molecule has 1 aromatic carbocycles. The number of fused-ring (bicyclic) bond motifs is 1. The Morgan fingerprint density at radius 2 is 2.12 bits per heavy atom. The fourth-order valence-electron chi connectivity index (χ4n) is 1.81. The molecule has 0 fully saturated rings. The van der Waals surface area contributed by atoms with E-state index in [4.69, 9.17) is 0 Å². The minimum absolute atomic E-state index is 0.508. The van der Waals surface area contributed by atoms with Gasteiger partial charge in [0, 0.05) is 23.7 Å². The molecule has 0 spiro atoms. The number of aryl methyl sites for hydroxylation is 1. The molecule has 0 unspecified atom stereocenters. The van der Waals surface area contributed by atoms with Crippen LogP contribution in [0.25, 0.3) is 0 Å². The normalized spacial score (nSPS) is 17.9. The van der Waals surface area contributed by atoms with E-state index in [9.17, 15) is 8.42 Å². The number of rotatable bonds is 1. The molecule has 0 saturated carbocycles. The lowest BCUT2D eigenvalue weighted by Gasteiger charge is -2.18. The van der Waals surface area contributed by atoms with E-state index in [1.54, 1.807) is 16.1 Å². The minimum atomic E-state index is -3.09. The lowest BCUT2D eigenvalue weighted by atomic mass is 10.1. The van der Waals surface area contributed by atoms with Crippen LogP contribution >= 0.6 is 11.8 Å². The maximum Gasteiger partial charge on any atom is 0.211 e. The third kappa shape index (κ3) is 2.42. The van der Waals surface area contributed by atoms with Gasteiger partial charge in [-0.1, -0.05) is 12.1 Å². The van der Waals surface area contributed by atoms with E-state index >= 15 is 0 Å². The number of sulfonamides is 1. The fraction of sp³-hybridized carbons (Fsp3) is 0.455. The van der Waals surface area contributed by atoms with Crippen LogP contribution in [0.3, 0.4) is 0 Å². The summed E-state index contributed by atoms with van der Waals surface area (Å²) < 4.78 is 24.7. The number of hydrogen-bond acceptors (Lipinski definition) is 3. The van der Waals surface area contributed by atoms with Gasteiger partial charge in [-0.25, -0.2) is 8.42 Å². The zero-order chi connectivity index (χ0) is 11.8. The van der Waals surface area contributed by atoms with Crippen LogP contribution in [0.4, 0.5) is 0 Å². The second-order valence-electron chi connectivity index (χ2n) is 4.00. The summed E-state index contributed by atoms with van der Waals surface area (Å²) in [7, 11) is -3.09. The van der Waals surface area contributed by atoms with Crippen LogP contribution < -0.4 is 0 Å². The van der Waals surface area contributed by atoms with Crippen molar-refractivity contribution in [1.29, 1.82) is 0 Å². The maximum atomic E-state index is 11.6. The Bertz CT molecular complexity index is 497. The number of benzene rings is 1. The maximum absolute atomic E-state index is 11.6. The Morgan fingerprint density at radius 3 is 2.81 bits per heavy atom. The molecule has 0 saturated heterocycles. The predicted octanol–water partition coefficient (Wildman–Crippen LogP) is 1.86. The molecule has 0 amide bonds. The summed E-state index contributed by atoms with van der Waals surface area (Å²) in [6.45, 7) is 3.14. The molecular weight excluding hydrogens is 242 g/mol. The van der Waals surface area contributed by atoms with E-state index in [-0.39, 0.29) is 0 Å². The highest BCUT2D eigenvalue weighted by molar-refractivity contribution is 7.99. The fourth-order valence-corrected chi connectivity index (χ4v) is 3.82. The van der Waals surface area contributed by atoms with Crippen molar-refractivity contribution < 1.29 is 8.42 Å². The van der Waals surface area contributed by atoms with Gasteiger partial charge in [-0.2, -0.15) is 4.31 Å².